The second-order valence-corrected chi connectivity index (χ2v) is 9.38. The topological polar surface area (TPSA) is 94.1 Å². The molecule has 0 aliphatic carbocycles. The van der Waals surface area contributed by atoms with Gasteiger partial charge in [-0.25, -0.2) is 9.18 Å². The molecule has 4 rings (SSSR count). The Kier molecular flexibility index (Phi) is 6.35. The van der Waals surface area contributed by atoms with Crippen molar-refractivity contribution in [2.45, 2.75) is 39.3 Å². The third-order valence-corrected chi connectivity index (χ3v) is 6.81. The fraction of sp³-hybridized carbons (Fsp3) is 0.435. The van der Waals surface area contributed by atoms with Crippen LogP contribution in [0.15, 0.2) is 36.7 Å². The van der Waals surface area contributed by atoms with E-state index < -0.39 is 17.3 Å². The number of rotatable bonds is 5. The number of amides is 2. The highest BCUT2D eigenvalue weighted by molar-refractivity contribution is 6.31. The minimum atomic E-state index is -0.737. The van der Waals surface area contributed by atoms with Gasteiger partial charge < -0.3 is 15.3 Å². The fourth-order valence-electron chi connectivity index (χ4n) is 4.50. The van der Waals surface area contributed by atoms with Gasteiger partial charge in [-0.1, -0.05) is 25.4 Å². The van der Waals surface area contributed by atoms with E-state index in [1.807, 2.05) is 6.07 Å². The maximum atomic E-state index is 13.0. The van der Waals surface area contributed by atoms with E-state index in [9.17, 15) is 14.3 Å². The van der Waals surface area contributed by atoms with E-state index in [0.717, 1.165) is 35.5 Å². The van der Waals surface area contributed by atoms with Crippen molar-refractivity contribution in [1.82, 2.24) is 25.4 Å². The van der Waals surface area contributed by atoms with Crippen LogP contribution in [0.3, 0.4) is 0 Å². The summed E-state index contributed by atoms with van der Waals surface area (Å²) in [5, 5.41) is 22.6. The molecule has 0 bridgehead atoms. The number of fused-ring (bicyclic) bond motifs is 1. The van der Waals surface area contributed by atoms with Crippen LogP contribution in [0, 0.1) is 17.2 Å². The Bertz CT molecular complexity index is 1090. The van der Waals surface area contributed by atoms with Crippen molar-refractivity contribution >= 4 is 28.5 Å². The molecule has 1 aliphatic heterocycles. The lowest BCUT2D eigenvalue weighted by molar-refractivity contribution is -0.0143. The first-order valence-corrected chi connectivity index (χ1v) is 11.1. The summed E-state index contributed by atoms with van der Waals surface area (Å²) in [6, 6.07) is 6.33. The first-order chi connectivity index (χ1) is 15.3. The molecule has 1 aromatic carbocycles. The van der Waals surface area contributed by atoms with Gasteiger partial charge in [-0.05, 0) is 48.4 Å². The standard InChI is InChI=1S/C23H27ClFN5O2/c1-23(2,21(31)19-10-16(24)9-14-11-28-29-20(14)19)15-5-7-30(8-6-15)22(32)27-13-18-4-3-17(25)12-26-18/h3-4,9-12,15,21,31H,5-8,13H2,1-2H3,(H,27,32)(H,28,29)/t21-/m1/s1. The summed E-state index contributed by atoms with van der Waals surface area (Å²) in [4.78, 5) is 18.3. The molecule has 2 aromatic heterocycles. The Morgan fingerprint density at radius 2 is 2.09 bits per heavy atom. The molecule has 0 unspecified atom stereocenters. The molecular weight excluding hydrogens is 433 g/mol. The van der Waals surface area contributed by atoms with Gasteiger partial charge in [0.15, 0.2) is 0 Å². The van der Waals surface area contributed by atoms with Crippen LogP contribution in [0.4, 0.5) is 9.18 Å². The lowest BCUT2D eigenvalue weighted by Crippen LogP contribution is -2.47. The van der Waals surface area contributed by atoms with Gasteiger partial charge in [0.25, 0.3) is 0 Å². The number of nitrogens with one attached hydrogen (secondary N) is 2. The zero-order chi connectivity index (χ0) is 22.9. The number of aliphatic hydroxyl groups is 1. The molecule has 7 nitrogen and oxygen atoms in total. The van der Waals surface area contributed by atoms with Crippen LogP contribution < -0.4 is 5.32 Å². The highest BCUT2D eigenvalue weighted by atomic mass is 35.5. The summed E-state index contributed by atoms with van der Waals surface area (Å²) in [7, 11) is 0. The minimum Gasteiger partial charge on any atom is -0.388 e. The average Bonchev–Trinajstić information content (AvgIpc) is 3.26. The Hall–Kier alpha value is -2.71. The van der Waals surface area contributed by atoms with E-state index in [0.29, 0.717) is 23.8 Å². The monoisotopic (exact) mass is 459 g/mol. The van der Waals surface area contributed by atoms with Crippen LogP contribution in [0.5, 0.6) is 0 Å². The van der Waals surface area contributed by atoms with Crippen LogP contribution in [-0.4, -0.2) is 44.3 Å². The van der Waals surface area contributed by atoms with Crippen LogP contribution in [-0.2, 0) is 6.54 Å². The van der Waals surface area contributed by atoms with Gasteiger partial charge >= 0.3 is 6.03 Å². The lowest BCUT2D eigenvalue weighted by Gasteiger charge is -2.43. The molecule has 1 atom stereocenters. The number of pyridine rings is 1. The smallest absolute Gasteiger partial charge is 0.317 e. The maximum Gasteiger partial charge on any atom is 0.317 e. The summed E-state index contributed by atoms with van der Waals surface area (Å²) in [5.41, 5.74) is 1.71. The molecule has 3 N–H and O–H groups in total. The number of carbonyl (C=O) groups is 1. The largest absolute Gasteiger partial charge is 0.388 e. The zero-order valence-electron chi connectivity index (χ0n) is 18.1. The molecule has 0 spiro atoms. The number of aliphatic hydroxyl groups excluding tert-OH is 1. The Labute approximate surface area is 191 Å². The third kappa shape index (κ3) is 4.56. The molecule has 3 aromatic rings. The highest BCUT2D eigenvalue weighted by Gasteiger charge is 2.40. The Morgan fingerprint density at radius 1 is 1.34 bits per heavy atom. The number of likely N-dealkylation sites (tertiary alicyclic amines) is 1. The number of H-pyrrole nitrogens is 1. The highest BCUT2D eigenvalue weighted by Crippen LogP contribution is 2.46. The van der Waals surface area contributed by atoms with Crippen LogP contribution in [0.1, 0.15) is 44.1 Å². The van der Waals surface area contributed by atoms with E-state index in [-0.39, 0.29) is 18.5 Å². The molecule has 32 heavy (non-hydrogen) atoms. The maximum absolute atomic E-state index is 13.0. The predicted octanol–water partition coefficient (Wildman–Crippen LogP) is 4.43. The minimum absolute atomic E-state index is 0.165. The van der Waals surface area contributed by atoms with Crippen LogP contribution >= 0.6 is 11.6 Å². The average molecular weight is 460 g/mol. The molecule has 2 amide bonds. The van der Waals surface area contributed by atoms with E-state index >= 15 is 0 Å². The number of piperidine rings is 1. The van der Waals surface area contributed by atoms with Crippen molar-refractivity contribution in [1.29, 1.82) is 0 Å². The first kappa shape index (κ1) is 22.5. The number of aromatic nitrogens is 3. The van der Waals surface area contributed by atoms with Crippen molar-refractivity contribution in [3.05, 3.63) is 58.8 Å². The van der Waals surface area contributed by atoms with Crippen LogP contribution in [0.25, 0.3) is 10.9 Å². The third-order valence-electron chi connectivity index (χ3n) is 6.59. The van der Waals surface area contributed by atoms with Crippen molar-refractivity contribution in [2.75, 3.05) is 13.1 Å². The number of nitrogens with zero attached hydrogens (tertiary/aromatic N) is 3. The first-order valence-electron chi connectivity index (χ1n) is 10.7. The lowest BCUT2D eigenvalue weighted by atomic mass is 9.68. The second kappa shape index (κ2) is 9.03. The van der Waals surface area contributed by atoms with E-state index in [1.165, 1.54) is 6.07 Å². The number of halogens is 2. The zero-order valence-corrected chi connectivity index (χ0v) is 18.9. The van der Waals surface area contributed by atoms with Gasteiger partial charge in [0.1, 0.15) is 5.82 Å². The van der Waals surface area contributed by atoms with Crippen molar-refractivity contribution in [2.24, 2.45) is 11.3 Å². The number of carbonyl (C=O) groups excluding carboxylic acids is 1. The molecule has 170 valence electrons. The molecular formula is C23H27ClFN5O2. The van der Waals surface area contributed by atoms with Gasteiger partial charge in [0.2, 0.25) is 0 Å². The van der Waals surface area contributed by atoms with E-state index in [2.05, 4.69) is 34.3 Å². The number of benzene rings is 1. The predicted molar refractivity (Wildman–Crippen MR) is 121 cm³/mol. The summed E-state index contributed by atoms with van der Waals surface area (Å²) < 4.78 is 13.0. The van der Waals surface area contributed by atoms with Gasteiger partial charge in [-0.3, -0.25) is 10.1 Å². The van der Waals surface area contributed by atoms with E-state index in [4.69, 9.17) is 11.6 Å². The quantitative estimate of drug-likeness (QED) is 0.526. The summed E-state index contributed by atoms with van der Waals surface area (Å²) in [5.74, 6) is -0.185. The van der Waals surface area contributed by atoms with E-state index in [1.54, 1.807) is 23.2 Å². The Morgan fingerprint density at radius 3 is 2.78 bits per heavy atom. The van der Waals surface area contributed by atoms with Gasteiger partial charge in [-0.2, -0.15) is 5.10 Å². The molecule has 1 fully saturated rings. The second-order valence-electron chi connectivity index (χ2n) is 8.94. The van der Waals surface area contributed by atoms with Crippen molar-refractivity contribution in [3.63, 3.8) is 0 Å². The molecule has 0 radical (unpaired) electrons. The van der Waals surface area contributed by atoms with Gasteiger partial charge in [0, 0.05) is 29.1 Å². The van der Waals surface area contributed by atoms with Gasteiger partial charge in [-0.15, -0.1) is 0 Å². The van der Waals surface area contributed by atoms with Crippen molar-refractivity contribution in [3.8, 4) is 0 Å². The molecule has 0 saturated carbocycles. The molecule has 3 heterocycles. The number of hydrogen-bond acceptors (Lipinski definition) is 4. The van der Waals surface area contributed by atoms with Crippen molar-refractivity contribution < 1.29 is 14.3 Å². The number of aromatic amines is 1. The normalized spacial score (nSPS) is 16.3. The summed E-state index contributed by atoms with van der Waals surface area (Å²) >= 11 is 6.27. The number of urea groups is 1. The molecule has 9 heteroatoms. The summed E-state index contributed by atoms with van der Waals surface area (Å²) in [6.07, 6.45) is 3.65. The molecule has 1 saturated heterocycles. The number of hydrogen-bond donors (Lipinski definition) is 3. The van der Waals surface area contributed by atoms with Gasteiger partial charge in [0.05, 0.1) is 36.3 Å². The molecule has 1 aliphatic rings. The Balaban J connectivity index is 1.37. The van der Waals surface area contributed by atoms with Crippen LogP contribution in [0.2, 0.25) is 5.02 Å². The fourth-order valence-corrected chi connectivity index (χ4v) is 4.74. The summed E-state index contributed by atoms with van der Waals surface area (Å²) in [6.45, 7) is 5.55. The SMILES string of the molecule is CC(C)(C1CCN(C(=O)NCc2ccc(F)cn2)CC1)[C@H](O)c1cc(Cl)cc2cn[nH]c12.